The van der Waals surface area contributed by atoms with Crippen LogP contribution in [0.3, 0.4) is 0 Å². The first kappa shape index (κ1) is 12.9. The molecule has 15 heavy (non-hydrogen) atoms. The van der Waals surface area contributed by atoms with Gasteiger partial charge in [0.1, 0.15) is 0 Å². The topological polar surface area (TPSA) is 72.2 Å². The lowest BCUT2D eigenvalue weighted by Crippen LogP contribution is -2.50. The highest BCUT2D eigenvalue weighted by Gasteiger charge is 2.41. The van der Waals surface area contributed by atoms with Gasteiger partial charge in [0.15, 0.2) is 0 Å². The van der Waals surface area contributed by atoms with Crippen molar-refractivity contribution in [3.8, 4) is 0 Å². The summed E-state index contributed by atoms with van der Waals surface area (Å²) in [6, 6.07) is 0. The number of nitrogens with one attached hydrogen (secondary N) is 1. The van der Waals surface area contributed by atoms with E-state index in [0.29, 0.717) is 12.3 Å². The maximum atomic E-state index is 11.9. The molecule has 0 amide bonds. The van der Waals surface area contributed by atoms with E-state index in [-0.39, 0.29) is 12.1 Å². The number of hydrogen-bond donors (Lipinski definition) is 2. The van der Waals surface area contributed by atoms with Gasteiger partial charge in [-0.15, -0.1) is 0 Å². The number of sulfonamides is 1. The summed E-state index contributed by atoms with van der Waals surface area (Å²) < 4.78 is 26.7. The Hall–Kier alpha value is -0.130. The fraction of sp³-hybridized carbons (Fsp3) is 1.00. The van der Waals surface area contributed by atoms with Crippen molar-refractivity contribution < 1.29 is 8.42 Å². The molecular weight excluding hydrogens is 212 g/mol. The van der Waals surface area contributed by atoms with Gasteiger partial charge >= 0.3 is 0 Å². The molecule has 1 aliphatic rings. The van der Waals surface area contributed by atoms with Crippen LogP contribution in [0.2, 0.25) is 0 Å². The smallest absolute Gasteiger partial charge is 0.216 e. The van der Waals surface area contributed by atoms with Gasteiger partial charge in [0, 0.05) is 12.1 Å². The molecule has 1 atom stereocenters. The Balaban J connectivity index is 2.70. The van der Waals surface area contributed by atoms with Crippen LogP contribution in [0.25, 0.3) is 0 Å². The third-order valence-corrected chi connectivity index (χ3v) is 5.37. The molecule has 1 saturated carbocycles. The molecule has 1 rings (SSSR count). The fourth-order valence-electron chi connectivity index (χ4n) is 1.85. The van der Waals surface area contributed by atoms with Gasteiger partial charge < -0.3 is 5.73 Å². The zero-order valence-electron chi connectivity index (χ0n) is 9.79. The summed E-state index contributed by atoms with van der Waals surface area (Å²) in [5.74, 6) is 0.488. The van der Waals surface area contributed by atoms with E-state index in [1.165, 1.54) is 0 Å². The van der Waals surface area contributed by atoms with E-state index in [2.05, 4.69) is 4.72 Å². The normalized spacial score (nSPS) is 20.3. The third-order valence-electron chi connectivity index (χ3n) is 3.16. The molecule has 1 unspecified atom stereocenters. The van der Waals surface area contributed by atoms with Crippen LogP contribution in [0.15, 0.2) is 0 Å². The highest BCUT2D eigenvalue weighted by atomic mass is 32.2. The fourth-order valence-corrected chi connectivity index (χ4v) is 3.61. The van der Waals surface area contributed by atoms with Gasteiger partial charge in [-0.25, -0.2) is 13.1 Å². The quantitative estimate of drug-likeness (QED) is 0.715. The Bertz CT molecular complexity index is 303. The van der Waals surface area contributed by atoms with Gasteiger partial charge in [0.2, 0.25) is 10.0 Å². The standard InChI is InChI=1S/C10H22N2O2S/c1-4-9(7-11)15(13,14)12-10(2,3)8-5-6-8/h8-9,12H,4-7,11H2,1-3H3. The minimum absolute atomic E-state index is 0.187. The van der Waals surface area contributed by atoms with Crippen LogP contribution < -0.4 is 10.5 Å². The minimum Gasteiger partial charge on any atom is -0.329 e. The SMILES string of the molecule is CCC(CN)S(=O)(=O)NC(C)(C)C1CC1. The van der Waals surface area contributed by atoms with Gasteiger partial charge in [-0.1, -0.05) is 6.92 Å². The Labute approximate surface area is 92.7 Å². The molecule has 0 bridgehead atoms. The molecule has 0 heterocycles. The lowest BCUT2D eigenvalue weighted by molar-refractivity contribution is 0.397. The highest BCUT2D eigenvalue weighted by molar-refractivity contribution is 7.90. The maximum absolute atomic E-state index is 11.9. The second-order valence-electron chi connectivity index (χ2n) is 4.91. The first-order chi connectivity index (χ1) is 6.83. The largest absolute Gasteiger partial charge is 0.329 e. The van der Waals surface area contributed by atoms with Crippen molar-refractivity contribution in [3.05, 3.63) is 0 Å². The molecule has 1 aliphatic carbocycles. The molecule has 0 saturated heterocycles. The van der Waals surface area contributed by atoms with E-state index >= 15 is 0 Å². The van der Waals surface area contributed by atoms with Crippen molar-refractivity contribution in [1.29, 1.82) is 0 Å². The van der Waals surface area contributed by atoms with E-state index in [1.54, 1.807) is 0 Å². The van der Waals surface area contributed by atoms with Crippen LogP contribution in [-0.2, 0) is 10.0 Å². The van der Waals surface area contributed by atoms with Crippen molar-refractivity contribution in [2.75, 3.05) is 6.54 Å². The molecule has 4 nitrogen and oxygen atoms in total. The van der Waals surface area contributed by atoms with Crippen LogP contribution in [-0.4, -0.2) is 25.8 Å². The Kier molecular flexibility index (Phi) is 3.79. The van der Waals surface area contributed by atoms with E-state index < -0.39 is 15.3 Å². The number of rotatable bonds is 6. The average molecular weight is 234 g/mol. The minimum atomic E-state index is -3.26. The van der Waals surface area contributed by atoms with Crippen molar-refractivity contribution in [1.82, 2.24) is 4.72 Å². The maximum Gasteiger partial charge on any atom is 0.216 e. The van der Waals surface area contributed by atoms with E-state index in [4.69, 9.17) is 5.73 Å². The van der Waals surface area contributed by atoms with Gasteiger partial charge in [-0.05, 0) is 39.0 Å². The molecule has 3 N–H and O–H groups in total. The summed E-state index contributed by atoms with van der Waals surface area (Å²) in [6.07, 6.45) is 2.80. The summed E-state index contributed by atoms with van der Waals surface area (Å²) in [6.45, 7) is 5.93. The molecule has 5 heteroatoms. The molecule has 0 aromatic carbocycles. The Morgan fingerprint density at radius 3 is 2.33 bits per heavy atom. The summed E-state index contributed by atoms with van der Waals surface area (Å²) in [7, 11) is -3.26. The molecule has 0 radical (unpaired) electrons. The Morgan fingerprint density at radius 2 is 2.00 bits per heavy atom. The van der Waals surface area contributed by atoms with Gasteiger partial charge in [-0.2, -0.15) is 0 Å². The molecule has 0 aromatic rings. The van der Waals surface area contributed by atoms with E-state index in [9.17, 15) is 8.42 Å². The molecular formula is C10H22N2O2S. The molecule has 1 fully saturated rings. The van der Waals surface area contributed by atoms with Gasteiger partial charge in [0.25, 0.3) is 0 Å². The van der Waals surface area contributed by atoms with Crippen LogP contribution in [0.5, 0.6) is 0 Å². The predicted molar refractivity (Wildman–Crippen MR) is 62.0 cm³/mol. The van der Waals surface area contributed by atoms with Crippen molar-refractivity contribution in [2.45, 2.75) is 50.8 Å². The summed E-state index contributed by atoms with van der Waals surface area (Å²) >= 11 is 0. The highest BCUT2D eigenvalue weighted by Crippen LogP contribution is 2.39. The van der Waals surface area contributed by atoms with Gasteiger partial charge in [-0.3, -0.25) is 0 Å². The van der Waals surface area contributed by atoms with Crippen LogP contribution in [0.4, 0.5) is 0 Å². The van der Waals surface area contributed by atoms with Crippen LogP contribution >= 0.6 is 0 Å². The van der Waals surface area contributed by atoms with Crippen molar-refractivity contribution >= 4 is 10.0 Å². The second kappa shape index (κ2) is 4.39. The summed E-state index contributed by atoms with van der Waals surface area (Å²) in [4.78, 5) is 0. The predicted octanol–water partition coefficient (Wildman–Crippen LogP) is 0.832. The van der Waals surface area contributed by atoms with Crippen LogP contribution in [0.1, 0.15) is 40.0 Å². The second-order valence-corrected chi connectivity index (χ2v) is 6.87. The van der Waals surface area contributed by atoms with E-state index in [1.807, 2.05) is 20.8 Å². The average Bonchev–Trinajstić information content (AvgIpc) is 2.84. The van der Waals surface area contributed by atoms with Crippen LogP contribution in [0, 0.1) is 5.92 Å². The lowest BCUT2D eigenvalue weighted by Gasteiger charge is -2.28. The van der Waals surface area contributed by atoms with E-state index in [0.717, 1.165) is 12.8 Å². The number of hydrogen-bond acceptors (Lipinski definition) is 3. The zero-order valence-corrected chi connectivity index (χ0v) is 10.6. The first-order valence-electron chi connectivity index (χ1n) is 5.56. The third kappa shape index (κ3) is 3.16. The molecule has 0 spiro atoms. The molecule has 0 aromatic heterocycles. The molecule has 90 valence electrons. The van der Waals surface area contributed by atoms with Crippen molar-refractivity contribution in [2.24, 2.45) is 11.7 Å². The monoisotopic (exact) mass is 234 g/mol. The van der Waals surface area contributed by atoms with Gasteiger partial charge in [0.05, 0.1) is 5.25 Å². The first-order valence-corrected chi connectivity index (χ1v) is 7.11. The molecule has 0 aliphatic heterocycles. The zero-order chi connectivity index (χ0) is 11.7. The summed E-state index contributed by atoms with van der Waals surface area (Å²) in [5.41, 5.74) is 5.14. The summed E-state index contributed by atoms with van der Waals surface area (Å²) in [5, 5.41) is -0.462. The Morgan fingerprint density at radius 1 is 1.47 bits per heavy atom. The lowest BCUT2D eigenvalue weighted by atomic mass is 10.0. The number of nitrogens with two attached hydrogens (primary N) is 1. The van der Waals surface area contributed by atoms with Crippen molar-refractivity contribution in [3.63, 3.8) is 0 Å².